The van der Waals surface area contributed by atoms with Gasteiger partial charge in [0, 0.05) is 42.7 Å². The van der Waals surface area contributed by atoms with Crippen molar-refractivity contribution in [3.63, 3.8) is 0 Å². The van der Waals surface area contributed by atoms with Gasteiger partial charge in [0.1, 0.15) is 4.87 Å². The average Bonchev–Trinajstić information content (AvgIpc) is 3.31. The van der Waals surface area contributed by atoms with E-state index in [9.17, 15) is 14.9 Å². The van der Waals surface area contributed by atoms with Gasteiger partial charge in [-0.05, 0) is 58.7 Å². The summed E-state index contributed by atoms with van der Waals surface area (Å²) in [6.07, 6.45) is 3.33. The van der Waals surface area contributed by atoms with E-state index in [2.05, 4.69) is 4.98 Å². The molecule has 0 saturated carbocycles. The highest BCUT2D eigenvalue weighted by Gasteiger charge is 2.37. The van der Waals surface area contributed by atoms with Crippen molar-refractivity contribution in [2.75, 3.05) is 0 Å². The number of nitrogens with zero attached hydrogens (tertiary/aromatic N) is 4. The Bertz CT molecular complexity index is 1690. The lowest BCUT2D eigenvalue weighted by atomic mass is 9.86. The van der Waals surface area contributed by atoms with Crippen LogP contribution in [-0.4, -0.2) is 19.0 Å². The molecule has 2 heterocycles. The molecular formula is C27H20Cl2N4O3. The lowest BCUT2D eigenvalue weighted by Crippen LogP contribution is -2.25. The first-order valence-corrected chi connectivity index (χ1v) is 11.8. The van der Waals surface area contributed by atoms with E-state index in [1.807, 2.05) is 48.0 Å². The Morgan fingerprint density at radius 2 is 1.69 bits per heavy atom. The molecule has 2 aromatic heterocycles. The third-order valence-electron chi connectivity index (χ3n) is 6.43. The van der Waals surface area contributed by atoms with E-state index < -0.39 is 9.80 Å². The number of nitro groups is 1. The fourth-order valence-electron chi connectivity index (χ4n) is 4.53. The Labute approximate surface area is 216 Å². The lowest BCUT2D eigenvalue weighted by molar-refractivity contribution is -0.384. The minimum Gasteiger partial charge on any atom is -0.336 e. The molecule has 0 amide bonds. The van der Waals surface area contributed by atoms with Crippen molar-refractivity contribution in [1.82, 2.24) is 14.1 Å². The number of benzene rings is 3. The van der Waals surface area contributed by atoms with Gasteiger partial charge < -0.3 is 9.13 Å². The quantitative estimate of drug-likeness (QED) is 0.161. The van der Waals surface area contributed by atoms with Gasteiger partial charge in [0.15, 0.2) is 0 Å². The molecule has 0 N–H and O–H groups in total. The standard InChI is InChI=1S/C27H20Cl2N4O3/c1-31-16-30-15-25(31)27(29,18-6-9-21(10-7-18)33(35)36)19-8-11-24-23(13-19)22(14-26(34)32(24)2)17-4-3-5-20(28)12-17/h3-16H,1-2H3. The van der Waals surface area contributed by atoms with Crippen LogP contribution in [0.4, 0.5) is 5.69 Å². The number of fused-ring (bicyclic) bond motifs is 1. The number of pyridine rings is 1. The highest BCUT2D eigenvalue weighted by atomic mass is 35.5. The highest BCUT2D eigenvalue weighted by Crippen LogP contribution is 2.44. The number of imidazole rings is 1. The summed E-state index contributed by atoms with van der Waals surface area (Å²) < 4.78 is 3.40. The van der Waals surface area contributed by atoms with Crippen LogP contribution >= 0.6 is 23.2 Å². The summed E-state index contributed by atoms with van der Waals surface area (Å²) in [4.78, 5) is 26.6. The molecule has 5 rings (SSSR count). The Balaban J connectivity index is 1.82. The van der Waals surface area contributed by atoms with Crippen LogP contribution in [-0.2, 0) is 19.0 Å². The van der Waals surface area contributed by atoms with Gasteiger partial charge in [-0.2, -0.15) is 0 Å². The zero-order valence-corrected chi connectivity index (χ0v) is 20.9. The van der Waals surface area contributed by atoms with E-state index in [0.29, 0.717) is 16.3 Å². The Hall–Kier alpha value is -3.94. The second-order valence-electron chi connectivity index (χ2n) is 8.55. The Morgan fingerprint density at radius 1 is 0.972 bits per heavy atom. The molecule has 0 aliphatic rings. The molecule has 0 radical (unpaired) electrons. The monoisotopic (exact) mass is 518 g/mol. The van der Waals surface area contributed by atoms with Gasteiger partial charge in [-0.25, -0.2) is 4.98 Å². The van der Waals surface area contributed by atoms with Crippen molar-refractivity contribution in [3.05, 3.63) is 128 Å². The molecule has 0 spiro atoms. The van der Waals surface area contributed by atoms with Gasteiger partial charge in [-0.15, -0.1) is 11.6 Å². The van der Waals surface area contributed by atoms with Crippen molar-refractivity contribution >= 4 is 39.8 Å². The lowest BCUT2D eigenvalue weighted by Gasteiger charge is -2.29. The van der Waals surface area contributed by atoms with Gasteiger partial charge in [-0.1, -0.05) is 29.8 Å². The zero-order chi connectivity index (χ0) is 25.6. The molecule has 7 nitrogen and oxygen atoms in total. The molecule has 0 aliphatic heterocycles. The number of rotatable bonds is 5. The summed E-state index contributed by atoms with van der Waals surface area (Å²) >= 11 is 13.7. The molecule has 0 fully saturated rings. The van der Waals surface area contributed by atoms with E-state index in [1.54, 1.807) is 48.4 Å². The molecule has 1 atom stereocenters. The molecule has 0 bridgehead atoms. The molecule has 9 heteroatoms. The minimum atomic E-state index is -1.21. The van der Waals surface area contributed by atoms with Crippen LogP contribution < -0.4 is 5.56 Å². The molecule has 0 saturated heterocycles. The molecule has 36 heavy (non-hydrogen) atoms. The summed E-state index contributed by atoms with van der Waals surface area (Å²) in [6, 6.07) is 20.8. The molecule has 3 aromatic carbocycles. The summed E-state index contributed by atoms with van der Waals surface area (Å²) in [6.45, 7) is 0. The van der Waals surface area contributed by atoms with Crippen molar-refractivity contribution in [2.24, 2.45) is 14.1 Å². The number of nitro benzene ring substituents is 1. The maximum absolute atomic E-state index is 12.8. The predicted octanol–water partition coefficient (Wildman–Crippen LogP) is 6.03. The molecular weight excluding hydrogens is 499 g/mol. The molecule has 0 aliphatic carbocycles. The van der Waals surface area contributed by atoms with E-state index in [1.165, 1.54) is 12.1 Å². The van der Waals surface area contributed by atoms with E-state index in [0.717, 1.165) is 27.6 Å². The average molecular weight is 519 g/mol. The molecule has 5 aromatic rings. The summed E-state index contributed by atoms with van der Waals surface area (Å²) in [5.41, 5.74) is 4.13. The van der Waals surface area contributed by atoms with Crippen LogP contribution in [0, 0.1) is 10.1 Å². The number of hydrogen-bond donors (Lipinski definition) is 0. The van der Waals surface area contributed by atoms with Crippen molar-refractivity contribution in [3.8, 4) is 11.1 Å². The van der Waals surface area contributed by atoms with Gasteiger partial charge in [-0.3, -0.25) is 14.9 Å². The summed E-state index contributed by atoms with van der Waals surface area (Å²) in [7, 11) is 3.56. The first-order chi connectivity index (χ1) is 17.2. The largest absolute Gasteiger partial charge is 0.336 e. The second kappa shape index (κ2) is 8.93. The number of non-ortho nitro benzene ring substituents is 1. The van der Waals surface area contributed by atoms with Crippen LogP contribution in [0.3, 0.4) is 0 Å². The fourth-order valence-corrected chi connectivity index (χ4v) is 5.15. The number of aryl methyl sites for hydroxylation is 2. The van der Waals surface area contributed by atoms with E-state index in [-0.39, 0.29) is 11.2 Å². The smallest absolute Gasteiger partial charge is 0.269 e. The number of hydrogen-bond acceptors (Lipinski definition) is 4. The fraction of sp³-hybridized carbons (Fsp3) is 0.111. The van der Waals surface area contributed by atoms with Crippen molar-refractivity contribution in [1.29, 1.82) is 0 Å². The van der Waals surface area contributed by atoms with Crippen molar-refractivity contribution in [2.45, 2.75) is 4.87 Å². The zero-order valence-electron chi connectivity index (χ0n) is 19.4. The van der Waals surface area contributed by atoms with Gasteiger partial charge >= 0.3 is 0 Å². The van der Waals surface area contributed by atoms with Gasteiger partial charge in [0.2, 0.25) is 0 Å². The Morgan fingerprint density at radius 3 is 2.33 bits per heavy atom. The van der Waals surface area contributed by atoms with Crippen LogP contribution in [0.1, 0.15) is 16.8 Å². The number of halogens is 2. The van der Waals surface area contributed by atoms with E-state index >= 15 is 0 Å². The highest BCUT2D eigenvalue weighted by molar-refractivity contribution is 6.31. The second-order valence-corrected chi connectivity index (χ2v) is 9.55. The maximum atomic E-state index is 12.8. The van der Waals surface area contributed by atoms with Crippen LogP contribution in [0.25, 0.3) is 22.0 Å². The Kier molecular flexibility index (Phi) is 5.90. The van der Waals surface area contributed by atoms with Crippen LogP contribution in [0.5, 0.6) is 0 Å². The van der Waals surface area contributed by atoms with Crippen LogP contribution in [0.15, 0.2) is 90.1 Å². The first kappa shape index (κ1) is 23.8. The maximum Gasteiger partial charge on any atom is 0.269 e. The number of alkyl halides is 1. The van der Waals surface area contributed by atoms with Crippen molar-refractivity contribution < 1.29 is 4.92 Å². The predicted molar refractivity (Wildman–Crippen MR) is 142 cm³/mol. The third kappa shape index (κ3) is 3.86. The van der Waals surface area contributed by atoms with E-state index in [4.69, 9.17) is 23.2 Å². The summed E-state index contributed by atoms with van der Waals surface area (Å²) in [5, 5.41) is 12.6. The van der Waals surface area contributed by atoms with Gasteiger partial charge in [0.25, 0.3) is 11.2 Å². The number of aromatic nitrogens is 3. The van der Waals surface area contributed by atoms with Crippen LogP contribution in [0.2, 0.25) is 5.02 Å². The normalized spacial score (nSPS) is 13.0. The summed E-state index contributed by atoms with van der Waals surface area (Å²) in [5.74, 6) is 0. The minimum absolute atomic E-state index is 0.0282. The SMILES string of the molecule is Cn1cncc1C(Cl)(c1ccc([N+](=O)[O-])cc1)c1ccc2c(c1)c(-c1cccc(Cl)c1)cc(=O)n2C. The third-order valence-corrected chi connectivity index (χ3v) is 7.29. The molecule has 1 unspecified atom stereocenters. The molecule has 180 valence electrons. The van der Waals surface area contributed by atoms with Gasteiger partial charge in [0.05, 0.1) is 28.7 Å². The first-order valence-electron chi connectivity index (χ1n) is 11.0. The topological polar surface area (TPSA) is 83.0 Å².